The van der Waals surface area contributed by atoms with Crippen LogP contribution in [0.3, 0.4) is 0 Å². The molecule has 19 heavy (non-hydrogen) atoms. The van der Waals surface area contributed by atoms with Gasteiger partial charge < -0.3 is 0 Å². The Hall–Kier alpha value is -0.620. The molecule has 0 aromatic heterocycles. The van der Waals surface area contributed by atoms with Gasteiger partial charge in [0.15, 0.2) is 0 Å². The maximum Gasteiger partial charge on any atom is 0.240 e. The van der Waals surface area contributed by atoms with Gasteiger partial charge in [-0.1, -0.05) is 25.4 Å². The van der Waals surface area contributed by atoms with E-state index in [1.54, 1.807) is 18.2 Å². The highest BCUT2D eigenvalue weighted by atomic mass is 127. The van der Waals surface area contributed by atoms with Crippen molar-refractivity contribution >= 4 is 51.7 Å². The lowest BCUT2D eigenvalue weighted by Crippen LogP contribution is -2.35. The lowest BCUT2D eigenvalue weighted by molar-refractivity contribution is -0.126. The highest BCUT2D eigenvalue weighted by Gasteiger charge is 2.49. The van der Waals surface area contributed by atoms with E-state index >= 15 is 0 Å². The second-order valence-electron chi connectivity index (χ2n) is 4.79. The van der Waals surface area contributed by atoms with E-state index in [0.29, 0.717) is 30.0 Å². The van der Waals surface area contributed by atoms with Crippen molar-refractivity contribution < 1.29 is 9.59 Å². The van der Waals surface area contributed by atoms with Gasteiger partial charge in [-0.3, -0.25) is 9.59 Å². The predicted octanol–water partition coefficient (Wildman–Crippen LogP) is 4.01. The molecule has 0 bridgehead atoms. The van der Waals surface area contributed by atoms with E-state index < -0.39 is 5.41 Å². The Kier molecular flexibility index (Phi) is 4.20. The molecule has 1 aliphatic rings. The normalized spacial score (nSPS) is 18.2. The van der Waals surface area contributed by atoms with Crippen LogP contribution in [0.4, 0.5) is 5.69 Å². The number of benzene rings is 1. The summed E-state index contributed by atoms with van der Waals surface area (Å²) >= 11 is 8.01. The first-order valence-corrected chi connectivity index (χ1v) is 7.73. The summed E-state index contributed by atoms with van der Waals surface area (Å²) < 4.78 is 0.815. The first-order valence-electron chi connectivity index (χ1n) is 6.27. The SMILES string of the molecule is CCC1(CC)CC(=O)N(c2ccc(Cl)cc2I)C1=O. The van der Waals surface area contributed by atoms with Crippen molar-refractivity contribution in [1.82, 2.24) is 0 Å². The van der Waals surface area contributed by atoms with Gasteiger partial charge in [-0.15, -0.1) is 0 Å². The number of halogens is 2. The van der Waals surface area contributed by atoms with E-state index in [4.69, 9.17) is 11.6 Å². The maximum absolute atomic E-state index is 12.6. The molecule has 0 saturated carbocycles. The minimum absolute atomic E-state index is 0.0808. The highest BCUT2D eigenvalue weighted by Crippen LogP contribution is 2.42. The molecular weight excluding hydrogens is 377 g/mol. The van der Waals surface area contributed by atoms with Gasteiger partial charge in [0, 0.05) is 15.0 Å². The molecule has 0 radical (unpaired) electrons. The largest absolute Gasteiger partial charge is 0.274 e. The molecule has 2 rings (SSSR count). The van der Waals surface area contributed by atoms with Crippen molar-refractivity contribution in [3.05, 3.63) is 26.8 Å². The maximum atomic E-state index is 12.6. The van der Waals surface area contributed by atoms with E-state index in [0.717, 1.165) is 3.57 Å². The summed E-state index contributed by atoms with van der Waals surface area (Å²) in [5.41, 5.74) is 0.114. The Morgan fingerprint density at radius 3 is 2.42 bits per heavy atom. The fraction of sp³-hybridized carbons (Fsp3) is 0.429. The second-order valence-corrected chi connectivity index (χ2v) is 6.39. The molecular formula is C14H15ClINO2. The Labute approximate surface area is 131 Å². The molecule has 1 aromatic rings. The van der Waals surface area contributed by atoms with Gasteiger partial charge in [0.1, 0.15) is 0 Å². The van der Waals surface area contributed by atoms with E-state index in [1.807, 2.05) is 13.8 Å². The summed E-state index contributed by atoms with van der Waals surface area (Å²) in [7, 11) is 0. The number of carbonyl (C=O) groups excluding carboxylic acids is 2. The summed E-state index contributed by atoms with van der Waals surface area (Å²) in [5, 5.41) is 0.601. The molecule has 1 fully saturated rings. The van der Waals surface area contributed by atoms with E-state index in [-0.39, 0.29) is 11.8 Å². The quantitative estimate of drug-likeness (QED) is 0.576. The molecule has 0 spiro atoms. The average Bonchev–Trinajstić information content (AvgIpc) is 2.62. The summed E-state index contributed by atoms with van der Waals surface area (Å²) in [6.07, 6.45) is 1.68. The van der Waals surface area contributed by atoms with Crippen LogP contribution in [0.25, 0.3) is 0 Å². The van der Waals surface area contributed by atoms with Crippen LogP contribution in [0.2, 0.25) is 5.02 Å². The van der Waals surface area contributed by atoms with Gasteiger partial charge in [-0.25, -0.2) is 4.90 Å². The van der Waals surface area contributed by atoms with E-state index in [2.05, 4.69) is 22.6 Å². The number of amides is 2. The summed E-state index contributed by atoms with van der Waals surface area (Å²) in [6, 6.07) is 5.20. The van der Waals surface area contributed by atoms with Crippen molar-refractivity contribution in [2.45, 2.75) is 33.1 Å². The lowest BCUT2D eigenvalue weighted by atomic mass is 9.81. The fourth-order valence-electron chi connectivity index (χ4n) is 2.50. The number of carbonyl (C=O) groups is 2. The van der Waals surface area contributed by atoms with Crippen LogP contribution in [-0.4, -0.2) is 11.8 Å². The van der Waals surface area contributed by atoms with Crippen molar-refractivity contribution in [2.24, 2.45) is 5.41 Å². The zero-order valence-electron chi connectivity index (χ0n) is 10.9. The Bertz CT molecular complexity index is 540. The first kappa shape index (κ1) is 14.8. The third-order valence-electron chi connectivity index (χ3n) is 3.90. The number of anilines is 1. The van der Waals surface area contributed by atoms with Crippen molar-refractivity contribution in [3.63, 3.8) is 0 Å². The van der Waals surface area contributed by atoms with Gasteiger partial charge in [-0.2, -0.15) is 0 Å². The molecule has 5 heteroatoms. The zero-order chi connectivity index (χ0) is 14.2. The monoisotopic (exact) mass is 391 g/mol. The van der Waals surface area contributed by atoms with Crippen LogP contribution in [0.5, 0.6) is 0 Å². The number of imide groups is 1. The number of nitrogens with zero attached hydrogens (tertiary/aromatic N) is 1. The Morgan fingerprint density at radius 2 is 1.95 bits per heavy atom. The van der Waals surface area contributed by atoms with Crippen LogP contribution >= 0.6 is 34.2 Å². The highest BCUT2D eigenvalue weighted by molar-refractivity contribution is 14.1. The average molecular weight is 392 g/mol. The predicted molar refractivity (Wildman–Crippen MR) is 84.3 cm³/mol. The fourth-order valence-corrected chi connectivity index (χ4v) is 3.62. The minimum atomic E-state index is -0.528. The number of hydrogen-bond donors (Lipinski definition) is 0. The van der Waals surface area contributed by atoms with Crippen LogP contribution in [0, 0.1) is 8.99 Å². The molecule has 1 saturated heterocycles. The molecule has 2 amide bonds. The van der Waals surface area contributed by atoms with Crippen molar-refractivity contribution in [3.8, 4) is 0 Å². The van der Waals surface area contributed by atoms with Gasteiger partial charge in [0.05, 0.1) is 11.1 Å². The molecule has 3 nitrogen and oxygen atoms in total. The topological polar surface area (TPSA) is 37.4 Å². The van der Waals surface area contributed by atoms with Crippen molar-refractivity contribution in [1.29, 1.82) is 0 Å². The molecule has 1 heterocycles. The number of hydrogen-bond acceptors (Lipinski definition) is 2. The summed E-state index contributed by atoms with van der Waals surface area (Å²) in [5.74, 6) is -0.198. The van der Waals surface area contributed by atoms with Gasteiger partial charge in [-0.05, 0) is 53.6 Å². The summed E-state index contributed by atoms with van der Waals surface area (Å²) in [4.78, 5) is 26.2. The van der Waals surface area contributed by atoms with E-state index in [1.165, 1.54) is 4.90 Å². The zero-order valence-corrected chi connectivity index (χ0v) is 13.8. The molecule has 0 unspecified atom stereocenters. The van der Waals surface area contributed by atoms with Crippen LogP contribution in [-0.2, 0) is 9.59 Å². The smallest absolute Gasteiger partial charge is 0.240 e. The molecule has 1 aromatic carbocycles. The van der Waals surface area contributed by atoms with Crippen LogP contribution in [0.15, 0.2) is 18.2 Å². The molecule has 0 N–H and O–H groups in total. The first-order chi connectivity index (χ1) is 8.95. The van der Waals surface area contributed by atoms with Gasteiger partial charge in [0.25, 0.3) is 0 Å². The van der Waals surface area contributed by atoms with Crippen molar-refractivity contribution in [2.75, 3.05) is 4.90 Å². The summed E-state index contributed by atoms with van der Waals surface area (Å²) in [6.45, 7) is 3.93. The molecule has 0 atom stereocenters. The number of rotatable bonds is 3. The van der Waals surface area contributed by atoms with Crippen LogP contribution in [0.1, 0.15) is 33.1 Å². The second kappa shape index (κ2) is 5.40. The molecule has 0 aliphatic carbocycles. The lowest BCUT2D eigenvalue weighted by Gasteiger charge is -2.24. The van der Waals surface area contributed by atoms with Crippen LogP contribution < -0.4 is 4.90 Å². The Morgan fingerprint density at radius 1 is 1.32 bits per heavy atom. The third kappa shape index (κ3) is 2.40. The van der Waals surface area contributed by atoms with Gasteiger partial charge in [0.2, 0.25) is 11.8 Å². The standard InChI is InChI=1S/C14H15ClINO2/c1-3-14(4-2)8-12(18)17(13(14)19)11-6-5-9(15)7-10(11)16/h5-7H,3-4,8H2,1-2H3. The minimum Gasteiger partial charge on any atom is -0.274 e. The van der Waals surface area contributed by atoms with E-state index in [9.17, 15) is 9.59 Å². The molecule has 102 valence electrons. The molecule has 1 aliphatic heterocycles. The Balaban J connectivity index is 2.46. The van der Waals surface area contributed by atoms with Gasteiger partial charge >= 0.3 is 0 Å². The third-order valence-corrected chi connectivity index (χ3v) is 5.00.